The monoisotopic (exact) mass is 381 g/mol. The minimum Gasteiger partial charge on any atom is -0.381 e. The topological polar surface area (TPSA) is 54.0 Å². The number of nitrogens with one attached hydrogen (secondary N) is 1. The number of ether oxygens (including phenoxy) is 2. The lowest BCUT2D eigenvalue weighted by Gasteiger charge is -2.44. The summed E-state index contributed by atoms with van der Waals surface area (Å²) in [4.78, 5) is 17.2. The first-order valence-corrected chi connectivity index (χ1v) is 9.63. The molecular formula is C19H28ClN3O3. The molecule has 144 valence electrons. The van der Waals surface area contributed by atoms with Crippen molar-refractivity contribution in [2.24, 2.45) is 0 Å². The Labute approximate surface area is 160 Å². The summed E-state index contributed by atoms with van der Waals surface area (Å²) in [6, 6.07) is 6.13. The lowest BCUT2D eigenvalue weighted by molar-refractivity contribution is 0.00816. The van der Waals surface area contributed by atoms with Gasteiger partial charge in [-0.25, -0.2) is 4.79 Å². The third kappa shape index (κ3) is 4.68. The third-order valence-corrected chi connectivity index (χ3v) is 5.47. The van der Waals surface area contributed by atoms with Crippen LogP contribution in [0.5, 0.6) is 0 Å². The minimum absolute atomic E-state index is 0.0659. The van der Waals surface area contributed by atoms with Crippen LogP contribution < -0.4 is 5.32 Å². The Morgan fingerprint density at radius 3 is 2.81 bits per heavy atom. The maximum Gasteiger partial charge on any atom is 0.322 e. The number of halogens is 1. The number of carbonyl (C=O) groups is 1. The van der Waals surface area contributed by atoms with Crippen LogP contribution in [0.15, 0.2) is 18.2 Å². The molecule has 1 aromatic carbocycles. The van der Waals surface area contributed by atoms with Crippen molar-refractivity contribution in [1.29, 1.82) is 0 Å². The Morgan fingerprint density at radius 2 is 2.12 bits per heavy atom. The molecule has 2 heterocycles. The first-order chi connectivity index (χ1) is 12.6. The average molecular weight is 382 g/mol. The number of hydrogen-bond acceptors (Lipinski definition) is 4. The van der Waals surface area contributed by atoms with Gasteiger partial charge in [-0.1, -0.05) is 11.6 Å². The van der Waals surface area contributed by atoms with Crippen LogP contribution in [-0.2, 0) is 16.1 Å². The summed E-state index contributed by atoms with van der Waals surface area (Å²) in [5.74, 6) is 0. The molecule has 2 aliphatic heterocycles. The van der Waals surface area contributed by atoms with Gasteiger partial charge in [-0.15, -0.1) is 0 Å². The van der Waals surface area contributed by atoms with Crippen molar-refractivity contribution in [1.82, 2.24) is 9.80 Å². The molecule has 3 rings (SSSR count). The largest absolute Gasteiger partial charge is 0.381 e. The highest BCUT2D eigenvalue weighted by Crippen LogP contribution is 2.23. The Kier molecular flexibility index (Phi) is 6.75. The fraction of sp³-hybridized carbons (Fsp3) is 0.632. The molecule has 0 bridgehead atoms. The van der Waals surface area contributed by atoms with Crippen molar-refractivity contribution in [3.8, 4) is 0 Å². The minimum atomic E-state index is -0.0659. The quantitative estimate of drug-likeness (QED) is 0.870. The van der Waals surface area contributed by atoms with Crippen LogP contribution in [-0.4, -0.2) is 67.9 Å². The van der Waals surface area contributed by atoms with Crippen molar-refractivity contribution < 1.29 is 14.3 Å². The van der Waals surface area contributed by atoms with Gasteiger partial charge in [0.1, 0.15) is 0 Å². The highest BCUT2D eigenvalue weighted by atomic mass is 35.5. The Bertz CT molecular complexity index is 622. The molecule has 2 fully saturated rings. The number of hydrogen-bond donors (Lipinski definition) is 1. The molecular weight excluding hydrogens is 354 g/mol. The van der Waals surface area contributed by atoms with E-state index in [1.165, 1.54) is 0 Å². The SMILES string of the molecule is COCc1cc(Cl)ccc1NC(=O)N1CCN(C2CCOCC2)C[C@@H]1C. The summed E-state index contributed by atoms with van der Waals surface area (Å²) in [6.45, 7) is 6.76. The van der Waals surface area contributed by atoms with Crippen molar-refractivity contribution >= 4 is 23.3 Å². The summed E-state index contributed by atoms with van der Waals surface area (Å²) >= 11 is 6.06. The van der Waals surface area contributed by atoms with E-state index < -0.39 is 0 Å². The first-order valence-electron chi connectivity index (χ1n) is 9.25. The molecule has 0 saturated carbocycles. The fourth-order valence-corrected chi connectivity index (χ4v) is 4.01. The Balaban J connectivity index is 1.60. The standard InChI is InChI=1S/C19H28ClN3O3/c1-14-12-22(17-5-9-26-10-6-17)7-8-23(14)19(24)21-18-4-3-16(20)11-15(18)13-25-2/h3-4,11,14,17H,5-10,12-13H2,1-2H3,(H,21,24)/t14-/m0/s1. The molecule has 26 heavy (non-hydrogen) atoms. The molecule has 1 N–H and O–H groups in total. The highest BCUT2D eigenvalue weighted by molar-refractivity contribution is 6.30. The van der Waals surface area contributed by atoms with Gasteiger partial charge in [0.05, 0.1) is 6.61 Å². The molecule has 1 aromatic rings. The van der Waals surface area contributed by atoms with Crippen molar-refractivity contribution in [3.05, 3.63) is 28.8 Å². The van der Waals surface area contributed by atoms with E-state index in [1.54, 1.807) is 13.2 Å². The van der Waals surface area contributed by atoms with Gasteiger partial charge in [-0.2, -0.15) is 0 Å². The Hall–Kier alpha value is -1.34. The number of urea groups is 1. The van der Waals surface area contributed by atoms with Crippen LogP contribution in [0.2, 0.25) is 5.02 Å². The number of piperazine rings is 1. The normalized spacial score (nSPS) is 22.4. The zero-order chi connectivity index (χ0) is 18.5. The molecule has 7 heteroatoms. The van der Waals surface area contributed by atoms with Gasteiger partial charge in [0.2, 0.25) is 0 Å². The fourth-order valence-electron chi connectivity index (χ4n) is 3.82. The van der Waals surface area contributed by atoms with Gasteiger partial charge in [0, 0.05) is 68.3 Å². The maximum atomic E-state index is 12.8. The summed E-state index contributed by atoms with van der Waals surface area (Å²) < 4.78 is 10.7. The molecule has 0 aromatic heterocycles. The number of anilines is 1. The van der Waals surface area contributed by atoms with Crippen LogP contribution in [0.25, 0.3) is 0 Å². The maximum absolute atomic E-state index is 12.8. The Morgan fingerprint density at radius 1 is 1.35 bits per heavy atom. The molecule has 6 nitrogen and oxygen atoms in total. The van der Waals surface area contributed by atoms with Gasteiger partial charge in [0.25, 0.3) is 0 Å². The highest BCUT2D eigenvalue weighted by Gasteiger charge is 2.31. The van der Waals surface area contributed by atoms with Gasteiger partial charge in [-0.05, 0) is 38.0 Å². The van der Waals surface area contributed by atoms with E-state index in [-0.39, 0.29) is 12.1 Å². The molecule has 1 atom stereocenters. The zero-order valence-electron chi connectivity index (χ0n) is 15.5. The van der Waals surface area contributed by atoms with E-state index in [9.17, 15) is 4.79 Å². The number of rotatable bonds is 4. The number of amides is 2. The summed E-state index contributed by atoms with van der Waals surface area (Å²) in [6.07, 6.45) is 2.17. The van der Waals surface area contributed by atoms with E-state index in [1.807, 2.05) is 17.0 Å². The molecule has 0 radical (unpaired) electrons. The predicted octanol–water partition coefficient (Wildman–Crippen LogP) is 3.20. The van der Waals surface area contributed by atoms with Gasteiger partial charge >= 0.3 is 6.03 Å². The van der Waals surface area contributed by atoms with Gasteiger partial charge in [-0.3, -0.25) is 4.90 Å². The van der Waals surface area contributed by atoms with E-state index in [0.717, 1.165) is 56.9 Å². The van der Waals surface area contributed by atoms with Crippen LogP contribution in [0.1, 0.15) is 25.3 Å². The van der Waals surface area contributed by atoms with E-state index in [4.69, 9.17) is 21.1 Å². The van der Waals surface area contributed by atoms with Crippen LogP contribution in [0.4, 0.5) is 10.5 Å². The lowest BCUT2D eigenvalue weighted by atomic mass is 10.0. The molecule has 0 spiro atoms. The average Bonchev–Trinajstić information content (AvgIpc) is 2.64. The van der Waals surface area contributed by atoms with Crippen molar-refractivity contribution in [2.45, 2.75) is 38.5 Å². The second-order valence-corrected chi connectivity index (χ2v) is 7.48. The van der Waals surface area contributed by atoms with Crippen molar-refractivity contribution in [2.75, 3.05) is 45.3 Å². The van der Waals surface area contributed by atoms with Crippen LogP contribution >= 0.6 is 11.6 Å². The zero-order valence-corrected chi connectivity index (χ0v) is 16.3. The summed E-state index contributed by atoms with van der Waals surface area (Å²) in [5.41, 5.74) is 1.63. The van der Waals surface area contributed by atoms with E-state index in [0.29, 0.717) is 17.7 Å². The van der Waals surface area contributed by atoms with Crippen molar-refractivity contribution in [3.63, 3.8) is 0 Å². The molecule has 2 amide bonds. The summed E-state index contributed by atoms with van der Waals surface area (Å²) in [7, 11) is 1.63. The van der Waals surface area contributed by atoms with E-state index >= 15 is 0 Å². The molecule has 0 aliphatic carbocycles. The second-order valence-electron chi connectivity index (χ2n) is 7.05. The van der Waals surface area contributed by atoms with Crippen LogP contribution in [0, 0.1) is 0 Å². The summed E-state index contributed by atoms with van der Waals surface area (Å²) in [5, 5.41) is 3.66. The third-order valence-electron chi connectivity index (χ3n) is 5.24. The van der Waals surface area contributed by atoms with Crippen LogP contribution in [0.3, 0.4) is 0 Å². The first kappa shape index (κ1) is 19.4. The smallest absolute Gasteiger partial charge is 0.322 e. The molecule has 2 aliphatic rings. The van der Waals surface area contributed by atoms with Gasteiger partial charge in [0.15, 0.2) is 0 Å². The number of benzene rings is 1. The molecule has 0 unspecified atom stereocenters. The molecule has 2 saturated heterocycles. The number of methoxy groups -OCH3 is 1. The second kappa shape index (κ2) is 9.04. The van der Waals surface area contributed by atoms with E-state index in [2.05, 4.69) is 17.1 Å². The predicted molar refractivity (Wildman–Crippen MR) is 103 cm³/mol. The number of nitrogens with zero attached hydrogens (tertiary/aromatic N) is 2. The lowest BCUT2D eigenvalue weighted by Crippen LogP contribution is -2.58. The van der Waals surface area contributed by atoms with Gasteiger partial charge < -0.3 is 19.7 Å². The number of carbonyl (C=O) groups excluding carboxylic acids is 1.